The van der Waals surface area contributed by atoms with E-state index in [-0.39, 0.29) is 5.75 Å². The van der Waals surface area contributed by atoms with Crippen LogP contribution in [-0.2, 0) is 4.74 Å². The normalized spacial score (nSPS) is 15.0. The fraction of sp³-hybridized carbons (Fsp3) is 0.222. The summed E-state index contributed by atoms with van der Waals surface area (Å²) in [4.78, 5) is 11.4. The highest BCUT2D eigenvalue weighted by Gasteiger charge is 2.13. The average molecular weight is 307 g/mol. The number of fused-ring (bicyclic) bond motifs is 1. The maximum atomic E-state index is 10.0. The zero-order chi connectivity index (χ0) is 15.6. The molecule has 2 aromatic carbocycles. The van der Waals surface area contributed by atoms with Crippen molar-refractivity contribution in [3.8, 4) is 16.9 Å². The Morgan fingerprint density at radius 3 is 2.65 bits per heavy atom. The summed E-state index contributed by atoms with van der Waals surface area (Å²) in [6, 6.07) is 13.2. The molecular formula is C18H17N3O2. The van der Waals surface area contributed by atoms with Gasteiger partial charge < -0.3 is 14.7 Å². The molecule has 1 fully saturated rings. The first kappa shape index (κ1) is 14.0. The van der Waals surface area contributed by atoms with Gasteiger partial charge in [0.05, 0.1) is 30.4 Å². The quantitative estimate of drug-likeness (QED) is 0.789. The molecule has 0 atom stereocenters. The molecule has 2 heterocycles. The molecule has 0 amide bonds. The van der Waals surface area contributed by atoms with Crippen LogP contribution in [0.4, 0.5) is 5.82 Å². The van der Waals surface area contributed by atoms with Crippen molar-refractivity contribution in [2.75, 3.05) is 31.2 Å². The summed E-state index contributed by atoms with van der Waals surface area (Å²) in [7, 11) is 0. The predicted molar refractivity (Wildman–Crippen MR) is 89.7 cm³/mol. The van der Waals surface area contributed by atoms with Gasteiger partial charge in [-0.3, -0.25) is 4.98 Å². The second-order valence-electron chi connectivity index (χ2n) is 5.55. The topological polar surface area (TPSA) is 58.5 Å². The Morgan fingerprint density at radius 2 is 1.83 bits per heavy atom. The smallest absolute Gasteiger partial charge is 0.148 e. The first-order chi connectivity index (χ1) is 11.3. The molecule has 5 nitrogen and oxygen atoms in total. The van der Waals surface area contributed by atoms with Gasteiger partial charge in [-0.2, -0.15) is 0 Å². The summed E-state index contributed by atoms with van der Waals surface area (Å²) in [6.07, 6.45) is 1.81. The molecule has 1 saturated heterocycles. The number of aromatic hydroxyl groups is 1. The number of nitrogens with zero attached hydrogens (tertiary/aromatic N) is 3. The van der Waals surface area contributed by atoms with Crippen LogP contribution in [-0.4, -0.2) is 41.4 Å². The van der Waals surface area contributed by atoms with Crippen molar-refractivity contribution in [2.24, 2.45) is 0 Å². The maximum absolute atomic E-state index is 10.0. The van der Waals surface area contributed by atoms with Gasteiger partial charge in [0.15, 0.2) is 0 Å². The molecule has 116 valence electrons. The van der Waals surface area contributed by atoms with E-state index in [1.165, 1.54) is 0 Å². The predicted octanol–water partition coefficient (Wildman–Crippen LogP) is 2.84. The molecule has 1 aliphatic rings. The van der Waals surface area contributed by atoms with Gasteiger partial charge in [-0.25, -0.2) is 4.98 Å². The minimum Gasteiger partial charge on any atom is -0.507 e. The number of rotatable bonds is 2. The number of ether oxygens (including phenoxy) is 1. The van der Waals surface area contributed by atoms with Crippen LogP contribution < -0.4 is 4.90 Å². The van der Waals surface area contributed by atoms with E-state index in [0.717, 1.165) is 54.3 Å². The van der Waals surface area contributed by atoms with E-state index in [1.54, 1.807) is 6.07 Å². The second kappa shape index (κ2) is 5.85. The number of aromatic nitrogens is 2. The molecule has 0 saturated carbocycles. The molecule has 0 radical (unpaired) electrons. The van der Waals surface area contributed by atoms with E-state index in [1.807, 2.05) is 42.6 Å². The second-order valence-corrected chi connectivity index (χ2v) is 5.55. The van der Waals surface area contributed by atoms with Crippen molar-refractivity contribution in [1.82, 2.24) is 9.97 Å². The number of phenols is 1. The zero-order valence-electron chi connectivity index (χ0n) is 12.6. The monoisotopic (exact) mass is 307 g/mol. The summed E-state index contributed by atoms with van der Waals surface area (Å²) in [5.41, 5.74) is 3.41. The lowest BCUT2D eigenvalue weighted by molar-refractivity contribution is 0.122. The minimum absolute atomic E-state index is 0.268. The Bertz CT molecular complexity index is 845. The molecule has 0 unspecified atom stereocenters. The van der Waals surface area contributed by atoms with Gasteiger partial charge in [-0.1, -0.05) is 24.3 Å². The largest absolute Gasteiger partial charge is 0.507 e. The molecular weight excluding hydrogens is 290 g/mol. The highest BCUT2D eigenvalue weighted by atomic mass is 16.5. The third-order valence-electron chi connectivity index (χ3n) is 4.08. The summed E-state index contributed by atoms with van der Waals surface area (Å²) >= 11 is 0. The van der Waals surface area contributed by atoms with E-state index in [4.69, 9.17) is 9.72 Å². The number of morpholine rings is 1. The third-order valence-corrected chi connectivity index (χ3v) is 4.08. The van der Waals surface area contributed by atoms with Crippen molar-refractivity contribution < 1.29 is 9.84 Å². The fourth-order valence-electron chi connectivity index (χ4n) is 2.83. The highest BCUT2D eigenvalue weighted by molar-refractivity contribution is 5.83. The molecule has 1 N–H and O–H groups in total. The van der Waals surface area contributed by atoms with Gasteiger partial charge in [0.25, 0.3) is 0 Å². The van der Waals surface area contributed by atoms with Crippen LogP contribution in [0.5, 0.6) is 5.75 Å². The Labute approximate surface area is 134 Å². The Balaban J connectivity index is 1.76. The fourth-order valence-corrected chi connectivity index (χ4v) is 2.83. The summed E-state index contributed by atoms with van der Waals surface area (Å²) in [6.45, 7) is 3.11. The summed E-state index contributed by atoms with van der Waals surface area (Å²) in [5.74, 6) is 1.14. The number of phenolic OH excluding ortho intramolecular Hbond substituents is 1. The Hall–Kier alpha value is -2.66. The lowest BCUT2D eigenvalue weighted by atomic mass is 10.0. The van der Waals surface area contributed by atoms with Crippen molar-refractivity contribution in [3.05, 3.63) is 48.7 Å². The number of para-hydroxylation sites is 1. The van der Waals surface area contributed by atoms with E-state index in [0.29, 0.717) is 0 Å². The molecule has 0 bridgehead atoms. The van der Waals surface area contributed by atoms with Gasteiger partial charge in [0, 0.05) is 18.7 Å². The van der Waals surface area contributed by atoms with Crippen molar-refractivity contribution >= 4 is 16.9 Å². The molecule has 0 spiro atoms. The maximum Gasteiger partial charge on any atom is 0.148 e. The van der Waals surface area contributed by atoms with Crippen LogP contribution >= 0.6 is 0 Å². The van der Waals surface area contributed by atoms with Crippen molar-refractivity contribution in [3.63, 3.8) is 0 Å². The lowest BCUT2D eigenvalue weighted by Gasteiger charge is -2.27. The minimum atomic E-state index is 0.268. The number of hydrogen-bond acceptors (Lipinski definition) is 5. The number of hydrogen-bond donors (Lipinski definition) is 1. The van der Waals surface area contributed by atoms with Crippen LogP contribution in [0.3, 0.4) is 0 Å². The van der Waals surface area contributed by atoms with Gasteiger partial charge in [-0.05, 0) is 23.8 Å². The first-order valence-corrected chi connectivity index (χ1v) is 7.69. The van der Waals surface area contributed by atoms with Crippen LogP contribution in [0, 0.1) is 0 Å². The third kappa shape index (κ3) is 2.71. The standard InChI is InChI=1S/C18H17N3O2/c22-17-4-2-1-3-14(17)13-5-6-15-16(11-13)20-18(12-19-15)21-7-9-23-10-8-21/h1-6,11-12,22H,7-10H2. The lowest BCUT2D eigenvalue weighted by Crippen LogP contribution is -2.36. The molecule has 23 heavy (non-hydrogen) atoms. The SMILES string of the molecule is Oc1ccccc1-c1ccc2ncc(N3CCOCC3)nc2c1. The summed E-state index contributed by atoms with van der Waals surface area (Å²) in [5, 5.41) is 10.0. The molecule has 3 aromatic rings. The summed E-state index contributed by atoms with van der Waals surface area (Å²) < 4.78 is 5.38. The van der Waals surface area contributed by atoms with E-state index < -0.39 is 0 Å². The Morgan fingerprint density at radius 1 is 1.00 bits per heavy atom. The van der Waals surface area contributed by atoms with Crippen LogP contribution in [0.2, 0.25) is 0 Å². The van der Waals surface area contributed by atoms with E-state index in [9.17, 15) is 5.11 Å². The van der Waals surface area contributed by atoms with Gasteiger partial charge in [0.1, 0.15) is 11.6 Å². The molecule has 1 aromatic heterocycles. The number of anilines is 1. The van der Waals surface area contributed by atoms with Crippen molar-refractivity contribution in [1.29, 1.82) is 0 Å². The average Bonchev–Trinajstić information content (AvgIpc) is 2.62. The van der Waals surface area contributed by atoms with E-state index >= 15 is 0 Å². The van der Waals surface area contributed by atoms with Crippen molar-refractivity contribution in [2.45, 2.75) is 0 Å². The zero-order valence-corrected chi connectivity index (χ0v) is 12.6. The van der Waals surface area contributed by atoms with Crippen LogP contribution in [0.1, 0.15) is 0 Å². The Kier molecular flexibility index (Phi) is 3.55. The molecule has 0 aliphatic carbocycles. The van der Waals surface area contributed by atoms with Crippen LogP contribution in [0.25, 0.3) is 22.2 Å². The number of benzene rings is 2. The first-order valence-electron chi connectivity index (χ1n) is 7.69. The molecule has 1 aliphatic heterocycles. The van der Waals surface area contributed by atoms with Gasteiger partial charge in [0.2, 0.25) is 0 Å². The molecule has 5 heteroatoms. The van der Waals surface area contributed by atoms with Crippen LogP contribution in [0.15, 0.2) is 48.7 Å². The van der Waals surface area contributed by atoms with E-state index in [2.05, 4.69) is 9.88 Å². The van der Waals surface area contributed by atoms with Gasteiger partial charge in [-0.15, -0.1) is 0 Å². The molecule has 4 rings (SSSR count). The van der Waals surface area contributed by atoms with Gasteiger partial charge >= 0.3 is 0 Å². The highest BCUT2D eigenvalue weighted by Crippen LogP contribution is 2.30.